The molecule has 134 valence electrons. The summed E-state index contributed by atoms with van der Waals surface area (Å²) >= 11 is 4.75. The quantitative estimate of drug-likeness (QED) is 0.618. The Morgan fingerprint density at radius 1 is 1.08 bits per heavy atom. The van der Waals surface area contributed by atoms with Crippen molar-refractivity contribution in [3.63, 3.8) is 0 Å². The van der Waals surface area contributed by atoms with Gasteiger partial charge in [-0.05, 0) is 24.7 Å². The second-order valence-electron chi connectivity index (χ2n) is 6.24. The van der Waals surface area contributed by atoms with Gasteiger partial charge in [0.15, 0.2) is 0 Å². The van der Waals surface area contributed by atoms with Crippen LogP contribution in [0, 0.1) is 0 Å². The highest BCUT2D eigenvalue weighted by Gasteiger charge is 2.26. The Morgan fingerprint density at radius 3 is 2.69 bits per heavy atom. The number of pyridine rings is 1. The zero-order chi connectivity index (χ0) is 18.2. The summed E-state index contributed by atoms with van der Waals surface area (Å²) in [7, 11) is 2.04. The molecule has 1 aliphatic heterocycles. The number of fused-ring (bicyclic) bond motifs is 1. The van der Waals surface area contributed by atoms with E-state index in [-0.39, 0.29) is 0 Å². The molecule has 26 heavy (non-hydrogen) atoms. The Bertz CT molecular complexity index is 832. The molecule has 4 nitrogen and oxygen atoms in total. The van der Waals surface area contributed by atoms with Gasteiger partial charge in [0.25, 0.3) is 0 Å². The Hall–Kier alpha value is -2.34. The van der Waals surface area contributed by atoms with E-state index in [1.807, 2.05) is 37.5 Å². The molecule has 0 amide bonds. The monoisotopic (exact) mass is 364 g/mol. The number of benzene rings is 2. The van der Waals surface area contributed by atoms with Gasteiger partial charge in [0, 0.05) is 53.9 Å². The molecule has 0 radical (unpaired) electrons. The average molecular weight is 365 g/mol. The third-order valence-corrected chi connectivity index (χ3v) is 4.83. The minimum Gasteiger partial charge on any atom is -0.352 e. The van der Waals surface area contributed by atoms with Gasteiger partial charge in [-0.2, -0.15) is 0 Å². The van der Waals surface area contributed by atoms with Crippen molar-refractivity contribution in [3.8, 4) is 0 Å². The van der Waals surface area contributed by atoms with Gasteiger partial charge in [-0.1, -0.05) is 54.7 Å². The SMILES string of the molecule is CNC1CNCC1c1ccccc1.S=CNc1cccc2cnccc12. The molecule has 2 atom stereocenters. The van der Waals surface area contributed by atoms with Crippen molar-refractivity contribution in [1.29, 1.82) is 0 Å². The lowest BCUT2D eigenvalue weighted by molar-refractivity contribution is 0.553. The molecule has 0 saturated carbocycles. The maximum Gasteiger partial charge on any atom is 0.0659 e. The maximum absolute atomic E-state index is 4.75. The molecule has 0 aliphatic carbocycles. The summed E-state index contributed by atoms with van der Waals surface area (Å²) < 4.78 is 0. The van der Waals surface area contributed by atoms with Crippen molar-refractivity contribution >= 4 is 34.2 Å². The van der Waals surface area contributed by atoms with Crippen LogP contribution in [0.1, 0.15) is 11.5 Å². The van der Waals surface area contributed by atoms with Gasteiger partial charge in [-0.15, -0.1) is 0 Å². The first-order chi connectivity index (χ1) is 12.8. The molecule has 2 aromatic carbocycles. The summed E-state index contributed by atoms with van der Waals surface area (Å²) in [5.74, 6) is 0.631. The van der Waals surface area contributed by atoms with Crippen LogP contribution in [0.4, 0.5) is 5.69 Å². The Morgan fingerprint density at radius 2 is 1.92 bits per heavy atom. The number of thiocarbonyl (C=S) groups is 1. The summed E-state index contributed by atoms with van der Waals surface area (Å²) in [5, 5.41) is 12.0. The fourth-order valence-electron chi connectivity index (χ4n) is 3.34. The lowest BCUT2D eigenvalue weighted by Crippen LogP contribution is -2.31. The predicted octanol–water partition coefficient (Wildman–Crippen LogP) is 3.57. The van der Waals surface area contributed by atoms with Crippen LogP contribution in [-0.4, -0.2) is 36.7 Å². The van der Waals surface area contributed by atoms with E-state index in [0.717, 1.165) is 29.5 Å². The highest BCUT2D eigenvalue weighted by Crippen LogP contribution is 2.22. The molecule has 4 rings (SSSR count). The van der Waals surface area contributed by atoms with Crippen LogP contribution in [0.25, 0.3) is 10.8 Å². The number of nitrogens with zero attached hydrogens (tertiary/aromatic N) is 1. The predicted molar refractivity (Wildman–Crippen MR) is 114 cm³/mol. The molecule has 1 fully saturated rings. The van der Waals surface area contributed by atoms with Gasteiger partial charge in [0.2, 0.25) is 0 Å². The van der Waals surface area contributed by atoms with E-state index in [4.69, 9.17) is 12.2 Å². The maximum atomic E-state index is 4.75. The summed E-state index contributed by atoms with van der Waals surface area (Å²) in [5.41, 5.74) is 3.97. The van der Waals surface area contributed by atoms with Crippen LogP contribution < -0.4 is 16.0 Å². The second-order valence-corrected chi connectivity index (χ2v) is 6.47. The Kier molecular flexibility index (Phi) is 6.66. The lowest BCUT2D eigenvalue weighted by Gasteiger charge is -2.17. The zero-order valence-corrected chi connectivity index (χ0v) is 15.7. The summed E-state index contributed by atoms with van der Waals surface area (Å²) in [4.78, 5) is 4.05. The molecule has 2 unspecified atom stereocenters. The van der Waals surface area contributed by atoms with Gasteiger partial charge in [-0.25, -0.2) is 0 Å². The van der Waals surface area contributed by atoms with Crippen LogP contribution in [0.5, 0.6) is 0 Å². The van der Waals surface area contributed by atoms with Crippen molar-refractivity contribution in [2.45, 2.75) is 12.0 Å². The van der Waals surface area contributed by atoms with Crippen LogP contribution >= 0.6 is 12.2 Å². The number of anilines is 1. The van der Waals surface area contributed by atoms with E-state index >= 15 is 0 Å². The normalized spacial score (nSPS) is 18.8. The first-order valence-electron chi connectivity index (χ1n) is 8.79. The number of hydrogen-bond donors (Lipinski definition) is 3. The van der Waals surface area contributed by atoms with Crippen molar-refractivity contribution in [1.82, 2.24) is 15.6 Å². The molecule has 1 saturated heterocycles. The molecule has 1 aliphatic rings. The summed E-state index contributed by atoms with van der Waals surface area (Å²) in [6.45, 7) is 2.17. The van der Waals surface area contributed by atoms with E-state index < -0.39 is 0 Å². The topological polar surface area (TPSA) is 49.0 Å². The Labute approximate surface area is 160 Å². The number of aromatic nitrogens is 1. The molecule has 5 heteroatoms. The number of likely N-dealkylation sites (N-methyl/N-ethyl adjacent to an activating group) is 1. The summed E-state index contributed by atoms with van der Waals surface area (Å²) in [6.07, 6.45) is 3.61. The van der Waals surface area contributed by atoms with Crippen molar-refractivity contribution < 1.29 is 0 Å². The van der Waals surface area contributed by atoms with Crippen molar-refractivity contribution in [2.75, 3.05) is 25.5 Å². The molecule has 0 bridgehead atoms. The first kappa shape index (κ1) is 18.5. The van der Waals surface area contributed by atoms with Gasteiger partial charge in [-0.3, -0.25) is 4.98 Å². The molecule has 2 heterocycles. The van der Waals surface area contributed by atoms with Crippen molar-refractivity contribution in [2.24, 2.45) is 0 Å². The fourth-order valence-corrected chi connectivity index (χ4v) is 3.47. The molecule has 3 aromatic rings. The molecule has 0 spiro atoms. The van der Waals surface area contributed by atoms with Gasteiger partial charge in [0.1, 0.15) is 0 Å². The van der Waals surface area contributed by atoms with Gasteiger partial charge < -0.3 is 16.0 Å². The van der Waals surface area contributed by atoms with E-state index in [9.17, 15) is 0 Å². The number of nitrogens with one attached hydrogen (secondary N) is 3. The molecular formula is C21H24N4S. The Balaban J connectivity index is 0.000000151. The number of hydrogen-bond acceptors (Lipinski definition) is 4. The van der Waals surface area contributed by atoms with E-state index in [1.54, 1.807) is 6.20 Å². The minimum absolute atomic E-state index is 0.586. The van der Waals surface area contributed by atoms with Crippen LogP contribution in [0.3, 0.4) is 0 Å². The average Bonchev–Trinajstić information content (AvgIpc) is 3.19. The fraction of sp³-hybridized carbons (Fsp3) is 0.238. The largest absolute Gasteiger partial charge is 0.352 e. The third kappa shape index (κ3) is 4.43. The standard InChI is InChI=1S/C11H16N2.C10H8N2S/c1-12-11-8-13-7-10(11)9-5-3-2-4-6-9;13-7-12-10-3-1-2-8-6-11-5-4-9(8)10/h2-6,10-13H,7-8H2,1H3;1-7H,(H,12,13). The third-order valence-electron chi connectivity index (χ3n) is 4.71. The van der Waals surface area contributed by atoms with E-state index in [2.05, 4.69) is 51.3 Å². The molecule has 3 N–H and O–H groups in total. The highest BCUT2D eigenvalue weighted by molar-refractivity contribution is 7.79. The van der Waals surface area contributed by atoms with E-state index in [1.165, 1.54) is 11.1 Å². The smallest absolute Gasteiger partial charge is 0.0659 e. The minimum atomic E-state index is 0.586. The van der Waals surface area contributed by atoms with Crippen LogP contribution in [0.15, 0.2) is 67.0 Å². The van der Waals surface area contributed by atoms with Gasteiger partial charge in [0.05, 0.1) is 5.49 Å². The second kappa shape index (κ2) is 9.38. The number of rotatable bonds is 4. The van der Waals surface area contributed by atoms with Gasteiger partial charge >= 0.3 is 0 Å². The zero-order valence-electron chi connectivity index (χ0n) is 14.9. The molecule has 1 aromatic heterocycles. The van der Waals surface area contributed by atoms with Crippen LogP contribution in [-0.2, 0) is 0 Å². The highest BCUT2D eigenvalue weighted by atomic mass is 32.1. The van der Waals surface area contributed by atoms with Crippen LogP contribution in [0.2, 0.25) is 0 Å². The summed E-state index contributed by atoms with van der Waals surface area (Å²) in [6, 6.07) is 19.3. The first-order valence-corrected chi connectivity index (χ1v) is 9.26. The molecular weight excluding hydrogens is 340 g/mol. The van der Waals surface area contributed by atoms with Crippen molar-refractivity contribution in [3.05, 3.63) is 72.6 Å². The lowest BCUT2D eigenvalue weighted by atomic mass is 9.95. The van der Waals surface area contributed by atoms with E-state index in [0.29, 0.717) is 12.0 Å².